The molecule has 8 heteroatoms. The van der Waals surface area contributed by atoms with Gasteiger partial charge in [0, 0.05) is 43.9 Å². The number of guanidine groups is 1. The lowest BCUT2D eigenvalue weighted by Gasteiger charge is -2.11. The molecule has 0 aliphatic heterocycles. The van der Waals surface area contributed by atoms with E-state index in [-0.39, 0.29) is 24.0 Å². The maximum absolute atomic E-state index is 5.40. The predicted octanol–water partition coefficient (Wildman–Crippen LogP) is 3.34. The summed E-state index contributed by atoms with van der Waals surface area (Å²) >= 11 is 1.73. The molecule has 0 aliphatic rings. The van der Waals surface area contributed by atoms with Gasteiger partial charge in [0.2, 0.25) is 0 Å². The molecule has 140 valence electrons. The van der Waals surface area contributed by atoms with E-state index in [1.54, 1.807) is 18.4 Å². The quantitative estimate of drug-likeness (QED) is 0.347. The van der Waals surface area contributed by atoms with E-state index in [1.807, 2.05) is 0 Å². The molecule has 0 atom stereocenters. The summed E-state index contributed by atoms with van der Waals surface area (Å²) in [5.41, 5.74) is 3.31. The molecule has 0 fully saturated rings. The van der Waals surface area contributed by atoms with Crippen molar-refractivity contribution in [3.63, 3.8) is 0 Å². The van der Waals surface area contributed by atoms with Crippen LogP contribution in [0.4, 0.5) is 0 Å². The first kappa shape index (κ1) is 21.9. The molecule has 0 amide bonds. The van der Waals surface area contributed by atoms with Gasteiger partial charge >= 0.3 is 0 Å². The van der Waals surface area contributed by atoms with Crippen molar-refractivity contribution in [3.8, 4) is 0 Å². The lowest BCUT2D eigenvalue weighted by molar-refractivity contribution is 0.380. The molecule has 2 heterocycles. The molecule has 0 aromatic carbocycles. The number of halogens is 1. The zero-order chi connectivity index (χ0) is 17.4. The van der Waals surface area contributed by atoms with Crippen LogP contribution in [-0.4, -0.2) is 29.7 Å². The van der Waals surface area contributed by atoms with Gasteiger partial charge in [-0.3, -0.25) is 4.99 Å². The molecule has 0 spiro atoms. The Bertz CT molecular complexity index is 646. The van der Waals surface area contributed by atoms with Gasteiger partial charge in [-0.2, -0.15) is 0 Å². The number of nitrogens with one attached hydrogen (secondary N) is 2. The molecule has 0 saturated heterocycles. The minimum Gasteiger partial charge on any atom is -0.361 e. The van der Waals surface area contributed by atoms with Crippen LogP contribution in [0.1, 0.15) is 48.5 Å². The Labute approximate surface area is 170 Å². The molecule has 0 aliphatic carbocycles. The monoisotopic (exact) mass is 477 g/mol. The highest BCUT2D eigenvalue weighted by atomic mass is 127. The molecule has 0 bridgehead atoms. The summed E-state index contributed by atoms with van der Waals surface area (Å²) in [4.78, 5) is 8.86. The smallest absolute Gasteiger partial charge is 0.191 e. The van der Waals surface area contributed by atoms with Gasteiger partial charge in [-0.25, -0.2) is 4.98 Å². The van der Waals surface area contributed by atoms with E-state index in [9.17, 15) is 0 Å². The van der Waals surface area contributed by atoms with Crippen LogP contribution in [0.15, 0.2) is 14.9 Å². The fourth-order valence-electron chi connectivity index (χ4n) is 2.47. The van der Waals surface area contributed by atoms with Crippen molar-refractivity contribution in [3.05, 3.63) is 33.1 Å². The number of hydrogen-bond donors (Lipinski definition) is 2. The van der Waals surface area contributed by atoms with Crippen molar-refractivity contribution in [2.75, 3.05) is 13.6 Å². The van der Waals surface area contributed by atoms with Gasteiger partial charge in [0.1, 0.15) is 5.76 Å². The second-order valence-electron chi connectivity index (χ2n) is 5.43. The fraction of sp³-hybridized carbons (Fsp3) is 0.588. The molecule has 2 aromatic rings. The third-order valence-corrected chi connectivity index (χ3v) is 4.88. The van der Waals surface area contributed by atoms with Crippen molar-refractivity contribution in [1.82, 2.24) is 20.8 Å². The average molecular weight is 477 g/mol. The topological polar surface area (TPSA) is 75.3 Å². The molecule has 2 rings (SSSR count). The summed E-state index contributed by atoms with van der Waals surface area (Å²) in [6.45, 7) is 7.78. The molecular weight excluding hydrogens is 449 g/mol. The van der Waals surface area contributed by atoms with Crippen molar-refractivity contribution in [2.24, 2.45) is 4.99 Å². The molecule has 6 nitrogen and oxygen atoms in total. The number of rotatable bonds is 8. The van der Waals surface area contributed by atoms with Crippen LogP contribution >= 0.6 is 35.3 Å². The summed E-state index contributed by atoms with van der Waals surface area (Å²) in [7, 11) is 1.78. The SMILES string of the molecule is CCc1nc(CCNC(=NC)NCc2c(CC)noc2CC)cs1.I. The van der Waals surface area contributed by atoms with Crippen LogP contribution in [-0.2, 0) is 32.2 Å². The number of thiazole rings is 1. The summed E-state index contributed by atoms with van der Waals surface area (Å²) in [5.74, 6) is 1.73. The van der Waals surface area contributed by atoms with Crippen LogP contribution in [0.25, 0.3) is 0 Å². The first-order valence-electron chi connectivity index (χ1n) is 8.55. The van der Waals surface area contributed by atoms with E-state index in [0.29, 0.717) is 6.54 Å². The minimum absolute atomic E-state index is 0. The van der Waals surface area contributed by atoms with E-state index in [4.69, 9.17) is 4.52 Å². The lowest BCUT2D eigenvalue weighted by atomic mass is 10.1. The van der Waals surface area contributed by atoms with Crippen LogP contribution in [0, 0.1) is 0 Å². The minimum atomic E-state index is 0. The maximum atomic E-state index is 5.40. The van der Waals surface area contributed by atoms with Crippen molar-refractivity contribution < 1.29 is 4.52 Å². The molecule has 0 unspecified atom stereocenters. The molecule has 0 saturated carbocycles. The number of aryl methyl sites for hydroxylation is 3. The second kappa shape index (κ2) is 11.5. The van der Waals surface area contributed by atoms with E-state index in [1.165, 1.54) is 5.01 Å². The molecule has 25 heavy (non-hydrogen) atoms. The standard InChI is InChI=1S/C17H27N5OS.HI/c1-5-14-13(15(6-2)23-22-14)10-20-17(18-4)19-9-8-12-11-24-16(7-3)21-12;/h11H,5-10H2,1-4H3,(H2,18,19,20);1H. The van der Waals surface area contributed by atoms with Gasteiger partial charge < -0.3 is 15.2 Å². The number of hydrogen-bond acceptors (Lipinski definition) is 5. The molecular formula is C17H28IN5OS. The highest BCUT2D eigenvalue weighted by molar-refractivity contribution is 14.0. The number of aromatic nitrogens is 2. The van der Waals surface area contributed by atoms with Gasteiger partial charge in [0.25, 0.3) is 0 Å². The Balaban J connectivity index is 0.00000312. The Kier molecular flexibility index (Phi) is 10.0. The number of aliphatic imine (C=N–C) groups is 1. The first-order valence-corrected chi connectivity index (χ1v) is 9.43. The van der Waals surface area contributed by atoms with Gasteiger partial charge in [0.05, 0.1) is 16.4 Å². The van der Waals surface area contributed by atoms with Gasteiger partial charge in [-0.1, -0.05) is 25.9 Å². The Morgan fingerprint density at radius 1 is 1.20 bits per heavy atom. The van der Waals surface area contributed by atoms with Crippen LogP contribution in [0.2, 0.25) is 0 Å². The third-order valence-electron chi connectivity index (χ3n) is 3.84. The Hall–Kier alpha value is -1.16. The van der Waals surface area contributed by atoms with E-state index in [0.717, 1.165) is 60.9 Å². The van der Waals surface area contributed by atoms with Gasteiger partial charge in [-0.05, 0) is 12.8 Å². The van der Waals surface area contributed by atoms with Crippen LogP contribution in [0.5, 0.6) is 0 Å². The van der Waals surface area contributed by atoms with Crippen LogP contribution < -0.4 is 10.6 Å². The van der Waals surface area contributed by atoms with E-state index < -0.39 is 0 Å². The van der Waals surface area contributed by atoms with Crippen molar-refractivity contribution >= 4 is 41.3 Å². The maximum Gasteiger partial charge on any atom is 0.191 e. The summed E-state index contributed by atoms with van der Waals surface area (Å²) in [6, 6.07) is 0. The zero-order valence-corrected chi connectivity index (χ0v) is 18.5. The van der Waals surface area contributed by atoms with Gasteiger partial charge in [-0.15, -0.1) is 35.3 Å². The van der Waals surface area contributed by atoms with E-state index in [2.05, 4.69) is 51.9 Å². The Morgan fingerprint density at radius 3 is 2.60 bits per heavy atom. The van der Waals surface area contributed by atoms with Crippen molar-refractivity contribution in [1.29, 1.82) is 0 Å². The highest BCUT2D eigenvalue weighted by Gasteiger charge is 2.13. The normalized spacial score (nSPS) is 11.3. The highest BCUT2D eigenvalue weighted by Crippen LogP contribution is 2.15. The van der Waals surface area contributed by atoms with Crippen molar-refractivity contribution in [2.45, 2.75) is 53.0 Å². The summed E-state index contributed by atoms with van der Waals surface area (Å²) < 4.78 is 5.40. The largest absolute Gasteiger partial charge is 0.361 e. The van der Waals surface area contributed by atoms with E-state index >= 15 is 0 Å². The third kappa shape index (κ3) is 6.25. The number of nitrogens with zero attached hydrogens (tertiary/aromatic N) is 3. The van der Waals surface area contributed by atoms with Gasteiger partial charge in [0.15, 0.2) is 5.96 Å². The molecule has 2 aromatic heterocycles. The van der Waals surface area contributed by atoms with Crippen LogP contribution in [0.3, 0.4) is 0 Å². The summed E-state index contributed by atoms with van der Waals surface area (Å²) in [6.07, 6.45) is 3.61. The molecule has 2 N–H and O–H groups in total. The predicted molar refractivity (Wildman–Crippen MR) is 114 cm³/mol. The molecule has 0 radical (unpaired) electrons. The lowest BCUT2D eigenvalue weighted by Crippen LogP contribution is -2.38. The summed E-state index contributed by atoms with van der Waals surface area (Å²) in [5, 5.41) is 14.1. The first-order chi connectivity index (χ1) is 11.7. The Morgan fingerprint density at radius 2 is 2.00 bits per heavy atom. The average Bonchev–Trinajstić information content (AvgIpc) is 3.23. The zero-order valence-electron chi connectivity index (χ0n) is 15.4. The second-order valence-corrected chi connectivity index (χ2v) is 6.37. The fourth-order valence-corrected chi connectivity index (χ4v) is 3.24.